The number of rotatable bonds is 12. The molecule has 0 heterocycles. The number of ether oxygens (including phenoxy) is 1. The molecule has 0 aromatic heterocycles. The molecule has 0 bridgehead atoms. The van der Waals surface area contributed by atoms with E-state index in [1.54, 1.807) is 19.2 Å². The number of hydrogen-bond acceptors (Lipinski definition) is 4. The predicted octanol–water partition coefficient (Wildman–Crippen LogP) is 4.16. The molecule has 2 aromatic rings. The van der Waals surface area contributed by atoms with Gasteiger partial charge in [0.15, 0.2) is 0 Å². The number of nitrogens with one attached hydrogen (secondary N) is 1. The summed E-state index contributed by atoms with van der Waals surface area (Å²) in [6.07, 6.45) is 1.17. The maximum absolute atomic E-state index is 12.1. The van der Waals surface area contributed by atoms with Crippen LogP contribution in [0, 0.1) is 0 Å². The number of carbonyl (C=O) groups is 3. The van der Waals surface area contributed by atoms with E-state index in [9.17, 15) is 19.5 Å². The Morgan fingerprint density at radius 3 is 2.29 bits per heavy atom. The van der Waals surface area contributed by atoms with Gasteiger partial charge in [0, 0.05) is 29.5 Å². The van der Waals surface area contributed by atoms with E-state index in [1.165, 1.54) is 0 Å². The zero-order valence-electron chi connectivity index (χ0n) is 17.3. The van der Waals surface area contributed by atoms with Crippen molar-refractivity contribution in [2.24, 2.45) is 0 Å². The lowest BCUT2D eigenvalue weighted by Gasteiger charge is -2.17. The van der Waals surface area contributed by atoms with Gasteiger partial charge in [0.05, 0.1) is 13.5 Å². The van der Waals surface area contributed by atoms with Gasteiger partial charge in [-0.2, -0.15) is 0 Å². The van der Waals surface area contributed by atoms with E-state index >= 15 is 0 Å². The van der Waals surface area contributed by atoms with E-state index in [0.717, 1.165) is 16.7 Å². The number of aliphatic carboxylic acids is 2. The van der Waals surface area contributed by atoms with Gasteiger partial charge in [-0.05, 0) is 48.6 Å². The number of hydrogen-bond donors (Lipinski definition) is 3. The fourth-order valence-corrected chi connectivity index (χ4v) is 3.43. The van der Waals surface area contributed by atoms with E-state index in [4.69, 9.17) is 21.4 Å². The Labute approximate surface area is 186 Å². The predicted molar refractivity (Wildman–Crippen MR) is 117 cm³/mol. The van der Waals surface area contributed by atoms with E-state index < -0.39 is 18.0 Å². The van der Waals surface area contributed by atoms with Gasteiger partial charge in [0.1, 0.15) is 5.75 Å². The first-order valence-electron chi connectivity index (χ1n) is 9.94. The molecule has 0 aliphatic heterocycles. The third-order valence-corrected chi connectivity index (χ3v) is 4.97. The van der Waals surface area contributed by atoms with Crippen molar-refractivity contribution < 1.29 is 29.3 Å². The van der Waals surface area contributed by atoms with Crippen LogP contribution in [0.15, 0.2) is 42.5 Å². The highest BCUT2D eigenvalue weighted by Gasteiger charge is 2.17. The first-order chi connectivity index (χ1) is 14.8. The van der Waals surface area contributed by atoms with Crippen molar-refractivity contribution >= 4 is 29.4 Å². The molecule has 0 fully saturated rings. The fourth-order valence-electron chi connectivity index (χ4n) is 3.26. The van der Waals surface area contributed by atoms with Crippen LogP contribution >= 0.6 is 11.6 Å². The Kier molecular flexibility index (Phi) is 9.34. The molecule has 1 atom stereocenters. The number of carboxylic acid groups (broad SMARTS) is 2. The van der Waals surface area contributed by atoms with Gasteiger partial charge in [-0.25, -0.2) is 0 Å². The molecule has 0 unspecified atom stereocenters. The van der Waals surface area contributed by atoms with Crippen LogP contribution in [-0.2, 0) is 20.8 Å². The quantitative estimate of drug-likeness (QED) is 0.421. The summed E-state index contributed by atoms with van der Waals surface area (Å²) in [6.45, 7) is 0. The van der Waals surface area contributed by atoms with Gasteiger partial charge in [0.2, 0.25) is 5.91 Å². The fraction of sp³-hybridized carbons (Fsp3) is 0.348. The SMILES string of the molecule is COc1ccc(Cl)cc1-c1ccc(C[C@H](CC(=O)O)NC(=O)CCCCC(=O)O)cc1. The number of unbranched alkanes of at least 4 members (excludes halogenated alkanes) is 1. The molecule has 8 heteroatoms. The number of methoxy groups -OCH3 is 1. The smallest absolute Gasteiger partial charge is 0.305 e. The third kappa shape index (κ3) is 8.30. The van der Waals surface area contributed by atoms with Gasteiger partial charge in [-0.3, -0.25) is 14.4 Å². The summed E-state index contributed by atoms with van der Waals surface area (Å²) in [7, 11) is 1.59. The molecule has 2 aromatic carbocycles. The third-order valence-electron chi connectivity index (χ3n) is 4.74. The highest BCUT2D eigenvalue weighted by atomic mass is 35.5. The van der Waals surface area contributed by atoms with Crippen LogP contribution in [0.25, 0.3) is 11.1 Å². The lowest BCUT2D eigenvalue weighted by atomic mass is 9.98. The monoisotopic (exact) mass is 447 g/mol. The molecule has 0 spiro atoms. The summed E-state index contributed by atoms with van der Waals surface area (Å²) in [4.78, 5) is 33.9. The first kappa shape index (κ1) is 24.2. The highest BCUT2D eigenvalue weighted by Crippen LogP contribution is 2.32. The van der Waals surface area contributed by atoms with Gasteiger partial charge < -0.3 is 20.3 Å². The van der Waals surface area contributed by atoms with Crippen molar-refractivity contribution in [3.8, 4) is 16.9 Å². The van der Waals surface area contributed by atoms with Crippen LogP contribution in [-0.4, -0.2) is 41.2 Å². The minimum atomic E-state index is -1.00. The van der Waals surface area contributed by atoms with E-state index in [1.807, 2.05) is 30.3 Å². The van der Waals surface area contributed by atoms with Crippen molar-refractivity contribution in [3.05, 3.63) is 53.1 Å². The molecule has 0 aliphatic carbocycles. The molecule has 1 amide bonds. The van der Waals surface area contributed by atoms with Gasteiger partial charge >= 0.3 is 11.9 Å². The summed E-state index contributed by atoms with van der Waals surface area (Å²) in [5, 5.41) is 21.2. The topological polar surface area (TPSA) is 113 Å². The van der Waals surface area contributed by atoms with Crippen molar-refractivity contribution in [1.82, 2.24) is 5.32 Å². The largest absolute Gasteiger partial charge is 0.496 e. The van der Waals surface area contributed by atoms with Crippen molar-refractivity contribution in [3.63, 3.8) is 0 Å². The van der Waals surface area contributed by atoms with Crippen LogP contribution in [0.2, 0.25) is 5.02 Å². The maximum atomic E-state index is 12.1. The number of carbonyl (C=O) groups excluding carboxylic acids is 1. The number of carboxylic acids is 2. The van der Waals surface area contributed by atoms with Gasteiger partial charge in [-0.15, -0.1) is 0 Å². The van der Waals surface area contributed by atoms with E-state index in [2.05, 4.69) is 5.32 Å². The van der Waals surface area contributed by atoms with Crippen LogP contribution in [0.4, 0.5) is 0 Å². The molecule has 0 aliphatic rings. The maximum Gasteiger partial charge on any atom is 0.305 e. The Bertz CT molecular complexity index is 913. The Balaban J connectivity index is 2.03. The second-order valence-electron chi connectivity index (χ2n) is 7.21. The Morgan fingerprint density at radius 2 is 1.68 bits per heavy atom. The summed E-state index contributed by atoms with van der Waals surface area (Å²) in [6, 6.07) is 12.3. The molecule has 0 saturated carbocycles. The normalized spacial score (nSPS) is 11.5. The van der Waals surface area contributed by atoms with Crippen LogP contribution in [0.5, 0.6) is 5.75 Å². The minimum Gasteiger partial charge on any atom is -0.496 e. The Hall–Kier alpha value is -3.06. The van der Waals surface area contributed by atoms with E-state index in [0.29, 0.717) is 30.0 Å². The summed E-state index contributed by atoms with van der Waals surface area (Å²) >= 11 is 6.10. The average Bonchev–Trinajstić information content (AvgIpc) is 2.71. The molecule has 166 valence electrons. The molecule has 3 N–H and O–H groups in total. The molecule has 31 heavy (non-hydrogen) atoms. The summed E-state index contributed by atoms with van der Waals surface area (Å²) < 4.78 is 5.39. The molecule has 0 saturated heterocycles. The average molecular weight is 448 g/mol. The molecule has 0 radical (unpaired) electrons. The molecular formula is C23H26ClNO6. The first-order valence-corrected chi connectivity index (χ1v) is 10.3. The Morgan fingerprint density at radius 1 is 1.00 bits per heavy atom. The second-order valence-corrected chi connectivity index (χ2v) is 7.65. The lowest BCUT2D eigenvalue weighted by molar-refractivity contribution is -0.138. The van der Waals surface area contributed by atoms with Gasteiger partial charge in [0.25, 0.3) is 0 Å². The molecule has 7 nitrogen and oxygen atoms in total. The molecule has 2 rings (SSSR count). The lowest BCUT2D eigenvalue weighted by Crippen LogP contribution is -2.38. The summed E-state index contributed by atoms with van der Waals surface area (Å²) in [5.41, 5.74) is 2.63. The van der Waals surface area contributed by atoms with Crippen molar-refractivity contribution in [1.29, 1.82) is 0 Å². The number of benzene rings is 2. The number of amides is 1. The van der Waals surface area contributed by atoms with Crippen LogP contribution in [0.1, 0.15) is 37.7 Å². The van der Waals surface area contributed by atoms with E-state index in [-0.39, 0.29) is 25.2 Å². The zero-order valence-corrected chi connectivity index (χ0v) is 18.0. The van der Waals surface area contributed by atoms with Crippen molar-refractivity contribution in [2.45, 2.75) is 44.6 Å². The minimum absolute atomic E-state index is 0.00952. The van der Waals surface area contributed by atoms with Crippen molar-refractivity contribution in [2.75, 3.05) is 7.11 Å². The highest BCUT2D eigenvalue weighted by molar-refractivity contribution is 6.31. The zero-order chi connectivity index (χ0) is 22.8. The standard InChI is InChI=1S/C23H26ClNO6/c1-31-20-11-10-17(24)13-19(20)16-8-6-15(7-9-16)12-18(14-23(29)30)25-21(26)4-2-3-5-22(27)28/h6-11,13,18H,2-5,12,14H2,1H3,(H,25,26)(H,27,28)(H,29,30)/t18-/m1/s1. The van der Waals surface area contributed by atoms with Crippen LogP contribution in [0.3, 0.4) is 0 Å². The van der Waals surface area contributed by atoms with Crippen LogP contribution < -0.4 is 10.1 Å². The van der Waals surface area contributed by atoms with Gasteiger partial charge in [-0.1, -0.05) is 35.9 Å². The number of halogens is 1. The second kappa shape index (κ2) is 12.0. The molecular weight excluding hydrogens is 422 g/mol. The summed E-state index contributed by atoms with van der Waals surface area (Å²) in [5.74, 6) is -1.49.